The molecule has 2 atom stereocenters. The van der Waals surface area contributed by atoms with Gasteiger partial charge >= 0.3 is 0 Å². The van der Waals surface area contributed by atoms with Crippen LogP contribution >= 0.6 is 0 Å². The molecule has 0 bridgehead atoms. The number of benzene rings is 1. The first-order valence-electron chi connectivity index (χ1n) is 8.32. The number of aliphatic hydroxyl groups excluding tert-OH is 1. The van der Waals surface area contributed by atoms with Gasteiger partial charge < -0.3 is 14.4 Å². The summed E-state index contributed by atoms with van der Waals surface area (Å²) in [4.78, 5) is 18.7. The van der Waals surface area contributed by atoms with Crippen LogP contribution in [0, 0.1) is 5.82 Å². The quantitative estimate of drug-likeness (QED) is 0.939. The Morgan fingerprint density at radius 2 is 2.21 bits per heavy atom. The van der Waals surface area contributed by atoms with E-state index < -0.39 is 6.10 Å². The lowest BCUT2D eigenvalue weighted by atomic mass is 9.85. The minimum Gasteiger partial charge on any atom is -0.448 e. The fraction of sp³-hybridized carbons (Fsp3) is 0.444. The molecular weight excluding hydrogens is 311 g/mol. The van der Waals surface area contributed by atoms with Gasteiger partial charge in [-0.15, -0.1) is 0 Å². The number of nitrogens with zero attached hydrogens (tertiary/aromatic N) is 2. The predicted molar refractivity (Wildman–Crippen MR) is 83.9 cm³/mol. The number of oxazole rings is 1. The number of halogens is 1. The first-order valence-corrected chi connectivity index (χ1v) is 8.32. The Kier molecular flexibility index (Phi) is 3.84. The van der Waals surface area contributed by atoms with Crippen molar-refractivity contribution in [3.05, 3.63) is 53.5 Å². The van der Waals surface area contributed by atoms with Crippen LogP contribution in [0.1, 0.15) is 59.6 Å². The lowest BCUT2D eigenvalue weighted by molar-refractivity contribution is 0.0709. The van der Waals surface area contributed by atoms with Crippen LogP contribution in [0.4, 0.5) is 4.39 Å². The maximum Gasteiger partial charge on any atom is 0.276 e. The van der Waals surface area contributed by atoms with E-state index in [1.165, 1.54) is 18.4 Å². The Labute approximate surface area is 139 Å². The van der Waals surface area contributed by atoms with Crippen LogP contribution in [0.25, 0.3) is 0 Å². The van der Waals surface area contributed by atoms with Gasteiger partial charge in [0, 0.05) is 12.5 Å². The maximum absolute atomic E-state index is 13.5. The van der Waals surface area contributed by atoms with E-state index in [1.807, 2.05) is 0 Å². The molecule has 2 aromatic rings. The van der Waals surface area contributed by atoms with Crippen LogP contribution in [0.5, 0.6) is 0 Å². The molecular formula is C18H19FN2O3. The van der Waals surface area contributed by atoms with Crippen LogP contribution < -0.4 is 0 Å². The molecule has 1 aliphatic carbocycles. The number of hydrogen-bond acceptors (Lipinski definition) is 4. The zero-order chi connectivity index (χ0) is 16.7. The highest BCUT2D eigenvalue weighted by atomic mass is 19.1. The second-order valence-corrected chi connectivity index (χ2v) is 6.62. The van der Waals surface area contributed by atoms with Crippen molar-refractivity contribution in [2.45, 2.75) is 43.7 Å². The minimum atomic E-state index is -0.625. The monoisotopic (exact) mass is 330 g/mol. The number of carbonyl (C=O) groups is 1. The molecule has 0 radical (unpaired) electrons. The molecule has 24 heavy (non-hydrogen) atoms. The van der Waals surface area contributed by atoms with Gasteiger partial charge in [-0.3, -0.25) is 4.79 Å². The minimum absolute atomic E-state index is 0.214. The van der Waals surface area contributed by atoms with Crippen molar-refractivity contribution >= 4 is 5.91 Å². The van der Waals surface area contributed by atoms with E-state index in [0.29, 0.717) is 23.8 Å². The molecule has 5 nitrogen and oxygen atoms in total. The van der Waals surface area contributed by atoms with Crippen LogP contribution in [-0.4, -0.2) is 33.5 Å². The fourth-order valence-corrected chi connectivity index (χ4v) is 3.44. The van der Waals surface area contributed by atoms with E-state index in [2.05, 4.69) is 4.98 Å². The number of amides is 1. The first kappa shape index (κ1) is 15.3. The van der Waals surface area contributed by atoms with Gasteiger partial charge in [0.25, 0.3) is 5.91 Å². The summed E-state index contributed by atoms with van der Waals surface area (Å²) in [6.45, 7) is 0.214. The van der Waals surface area contributed by atoms with E-state index in [0.717, 1.165) is 19.3 Å². The van der Waals surface area contributed by atoms with E-state index in [-0.39, 0.29) is 30.0 Å². The Morgan fingerprint density at radius 3 is 2.92 bits per heavy atom. The zero-order valence-corrected chi connectivity index (χ0v) is 13.2. The normalized spacial score (nSPS) is 24.2. The van der Waals surface area contributed by atoms with Crippen molar-refractivity contribution in [3.63, 3.8) is 0 Å². The molecule has 4 rings (SSSR count). The molecule has 126 valence electrons. The van der Waals surface area contributed by atoms with Crippen LogP contribution in [0.2, 0.25) is 0 Å². The van der Waals surface area contributed by atoms with Gasteiger partial charge in [-0.2, -0.15) is 0 Å². The number of rotatable bonds is 3. The molecule has 2 fully saturated rings. The molecule has 1 aromatic carbocycles. The first-order chi connectivity index (χ1) is 11.6. The SMILES string of the molecule is O=C(c1coc(C2CCC2)n1)N1C[C@@H](O)C[C@H]1c1cccc(F)c1. The van der Waals surface area contributed by atoms with Crippen LogP contribution in [0.15, 0.2) is 34.9 Å². The number of likely N-dealkylation sites (tertiary alicyclic amines) is 1. The molecule has 1 aromatic heterocycles. The second kappa shape index (κ2) is 6.02. The number of β-amino-alcohol motifs (C(OH)–C–C–N with tert-alkyl or cyclic N) is 1. The zero-order valence-electron chi connectivity index (χ0n) is 13.2. The Hall–Kier alpha value is -2.21. The molecule has 6 heteroatoms. The topological polar surface area (TPSA) is 66.6 Å². The van der Waals surface area contributed by atoms with Crippen molar-refractivity contribution in [1.29, 1.82) is 0 Å². The lowest BCUT2D eigenvalue weighted by Crippen LogP contribution is -2.32. The smallest absolute Gasteiger partial charge is 0.276 e. The van der Waals surface area contributed by atoms with Gasteiger partial charge in [0.05, 0.1) is 12.1 Å². The average Bonchev–Trinajstić information content (AvgIpc) is 3.12. The van der Waals surface area contributed by atoms with Crippen molar-refractivity contribution < 1.29 is 18.7 Å². The average molecular weight is 330 g/mol. The second-order valence-electron chi connectivity index (χ2n) is 6.62. The van der Waals surface area contributed by atoms with Crippen LogP contribution in [-0.2, 0) is 0 Å². The highest BCUT2D eigenvalue weighted by Crippen LogP contribution is 2.37. The molecule has 1 N–H and O–H groups in total. The molecule has 0 spiro atoms. The Bertz CT molecular complexity index is 756. The molecule has 2 aliphatic rings. The van der Waals surface area contributed by atoms with Gasteiger partial charge in [-0.25, -0.2) is 9.37 Å². The molecule has 1 saturated heterocycles. The van der Waals surface area contributed by atoms with E-state index in [1.54, 1.807) is 17.0 Å². The molecule has 2 heterocycles. The third kappa shape index (κ3) is 2.71. The standard InChI is InChI=1S/C18H19FN2O3/c19-13-6-2-5-12(7-13)16-8-14(22)9-21(16)18(23)15-10-24-17(20-15)11-3-1-4-11/h2,5-7,10-11,14,16,22H,1,3-4,8-9H2/t14-,16-/m0/s1. The Morgan fingerprint density at radius 1 is 1.38 bits per heavy atom. The highest BCUT2D eigenvalue weighted by molar-refractivity contribution is 5.92. The molecule has 1 saturated carbocycles. The lowest BCUT2D eigenvalue weighted by Gasteiger charge is -2.24. The van der Waals surface area contributed by atoms with Gasteiger partial charge in [-0.05, 0) is 37.0 Å². The summed E-state index contributed by atoms with van der Waals surface area (Å²) >= 11 is 0. The van der Waals surface area contributed by atoms with Crippen molar-refractivity contribution in [2.24, 2.45) is 0 Å². The van der Waals surface area contributed by atoms with Gasteiger partial charge in [0.2, 0.25) is 0 Å². The summed E-state index contributed by atoms with van der Waals surface area (Å²) in [5.41, 5.74) is 0.940. The van der Waals surface area contributed by atoms with Gasteiger partial charge in [-0.1, -0.05) is 18.6 Å². The largest absolute Gasteiger partial charge is 0.448 e. The summed E-state index contributed by atoms with van der Waals surface area (Å²) < 4.78 is 19.0. The summed E-state index contributed by atoms with van der Waals surface area (Å²) in [7, 11) is 0. The Balaban J connectivity index is 1.58. The number of hydrogen-bond donors (Lipinski definition) is 1. The molecule has 1 aliphatic heterocycles. The number of aromatic nitrogens is 1. The van der Waals surface area contributed by atoms with Crippen molar-refractivity contribution in [2.75, 3.05) is 6.54 Å². The fourth-order valence-electron chi connectivity index (χ4n) is 3.44. The summed E-state index contributed by atoms with van der Waals surface area (Å²) in [5.74, 6) is 0.298. The summed E-state index contributed by atoms with van der Waals surface area (Å²) in [6.07, 6.45) is 4.41. The molecule has 0 unspecified atom stereocenters. The van der Waals surface area contributed by atoms with Gasteiger partial charge in [0.1, 0.15) is 12.1 Å². The predicted octanol–water partition coefficient (Wildman–Crippen LogP) is 3.03. The van der Waals surface area contributed by atoms with E-state index in [4.69, 9.17) is 4.42 Å². The third-order valence-electron chi connectivity index (χ3n) is 4.97. The summed E-state index contributed by atoms with van der Waals surface area (Å²) in [5, 5.41) is 10.0. The highest BCUT2D eigenvalue weighted by Gasteiger charge is 2.37. The third-order valence-corrected chi connectivity index (χ3v) is 4.97. The summed E-state index contributed by atoms with van der Waals surface area (Å²) in [6, 6.07) is 5.80. The number of carbonyl (C=O) groups excluding carboxylic acids is 1. The molecule has 1 amide bonds. The van der Waals surface area contributed by atoms with Gasteiger partial charge in [0.15, 0.2) is 11.6 Å². The van der Waals surface area contributed by atoms with Crippen molar-refractivity contribution in [1.82, 2.24) is 9.88 Å². The maximum atomic E-state index is 13.5. The van der Waals surface area contributed by atoms with E-state index in [9.17, 15) is 14.3 Å². The number of aliphatic hydroxyl groups is 1. The van der Waals surface area contributed by atoms with Crippen LogP contribution in [0.3, 0.4) is 0 Å². The van der Waals surface area contributed by atoms with Crippen molar-refractivity contribution in [3.8, 4) is 0 Å². The van der Waals surface area contributed by atoms with E-state index >= 15 is 0 Å².